The summed E-state index contributed by atoms with van der Waals surface area (Å²) < 4.78 is 29.0. The molecule has 0 saturated carbocycles. The van der Waals surface area contributed by atoms with Crippen molar-refractivity contribution in [3.63, 3.8) is 0 Å². The van der Waals surface area contributed by atoms with Crippen LogP contribution in [0.3, 0.4) is 0 Å². The first-order chi connectivity index (χ1) is 11.1. The molecule has 3 rings (SSSR count). The number of piperidine rings is 1. The molecular weight excluding hydrogens is 356 g/mol. The first kappa shape index (κ1) is 20.7. The lowest BCUT2D eigenvalue weighted by atomic mass is 9.85. The van der Waals surface area contributed by atoms with Gasteiger partial charge in [0.05, 0.1) is 4.90 Å². The highest BCUT2D eigenvalue weighted by atomic mass is 35.5. The van der Waals surface area contributed by atoms with Crippen LogP contribution in [0.5, 0.6) is 0 Å². The van der Waals surface area contributed by atoms with Gasteiger partial charge in [0.1, 0.15) is 0 Å². The van der Waals surface area contributed by atoms with Crippen LogP contribution in [0.15, 0.2) is 17.0 Å². The van der Waals surface area contributed by atoms with Crippen molar-refractivity contribution in [3.05, 3.63) is 28.8 Å². The Labute approximate surface area is 158 Å². The lowest BCUT2D eigenvalue weighted by Crippen LogP contribution is -2.48. The van der Waals surface area contributed by atoms with Crippen LogP contribution in [0.1, 0.15) is 63.1 Å². The van der Waals surface area contributed by atoms with Crippen LogP contribution in [-0.2, 0) is 15.4 Å². The zero-order valence-corrected chi connectivity index (χ0v) is 17.5. The third kappa shape index (κ3) is 4.38. The van der Waals surface area contributed by atoms with Crippen LogP contribution < -0.4 is 10.0 Å². The van der Waals surface area contributed by atoms with Crippen molar-refractivity contribution in [1.29, 1.82) is 0 Å². The molecule has 2 aliphatic heterocycles. The lowest BCUT2D eigenvalue weighted by Gasteiger charge is -2.30. The molecule has 2 saturated heterocycles. The SMILES string of the molecule is Cc1cc(C(C)(C)C)cc(C)c1S(=O)(=O)NC1CC2CCC(C1)N2.Cl. The largest absolute Gasteiger partial charge is 0.311 e. The number of benzene rings is 1. The number of rotatable bonds is 3. The molecule has 0 amide bonds. The Morgan fingerprint density at radius 1 is 1.04 bits per heavy atom. The standard InChI is InChI=1S/C19H30N2O2S.ClH/c1-12-8-14(19(3,4)5)9-13(2)18(12)24(22,23)21-17-10-15-6-7-16(11-17)20-15;/h8-9,15-17,20-21H,6-7,10-11H2,1-5H3;1H. The number of hydrogen-bond acceptors (Lipinski definition) is 3. The van der Waals surface area contributed by atoms with Crippen LogP contribution in [0.2, 0.25) is 0 Å². The fourth-order valence-corrected chi connectivity index (χ4v) is 5.95. The molecule has 0 radical (unpaired) electrons. The van der Waals surface area contributed by atoms with Gasteiger partial charge in [-0.2, -0.15) is 0 Å². The van der Waals surface area contributed by atoms with E-state index in [2.05, 4.69) is 30.8 Å². The fraction of sp³-hybridized carbons (Fsp3) is 0.684. The summed E-state index contributed by atoms with van der Waals surface area (Å²) >= 11 is 0. The Morgan fingerprint density at radius 3 is 1.96 bits per heavy atom. The first-order valence-corrected chi connectivity index (χ1v) is 10.4. The molecule has 142 valence electrons. The Hall–Kier alpha value is -0.620. The van der Waals surface area contributed by atoms with Gasteiger partial charge in [0.2, 0.25) is 10.0 Å². The quantitative estimate of drug-likeness (QED) is 0.834. The number of nitrogens with one attached hydrogen (secondary N) is 2. The molecule has 2 bridgehead atoms. The van der Waals surface area contributed by atoms with Gasteiger partial charge in [-0.1, -0.05) is 32.9 Å². The van der Waals surface area contributed by atoms with Crippen molar-refractivity contribution in [2.75, 3.05) is 0 Å². The van der Waals surface area contributed by atoms with E-state index in [4.69, 9.17) is 0 Å². The van der Waals surface area contributed by atoms with E-state index >= 15 is 0 Å². The van der Waals surface area contributed by atoms with E-state index < -0.39 is 10.0 Å². The maximum absolute atomic E-state index is 13.0. The third-order valence-corrected chi connectivity index (χ3v) is 7.22. The highest BCUT2D eigenvalue weighted by Gasteiger charge is 2.36. The predicted molar refractivity (Wildman–Crippen MR) is 105 cm³/mol. The normalized spacial score (nSPS) is 26.4. The van der Waals surface area contributed by atoms with Crippen LogP contribution in [0, 0.1) is 13.8 Å². The number of fused-ring (bicyclic) bond motifs is 2. The van der Waals surface area contributed by atoms with E-state index in [1.807, 2.05) is 26.0 Å². The molecule has 4 nitrogen and oxygen atoms in total. The average molecular weight is 387 g/mol. The highest BCUT2D eigenvalue weighted by Crippen LogP contribution is 2.31. The minimum atomic E-state index is -3.48. The van der Waals surface area contributed by atoms with Gasteiger partial charge < -0.3 is 5.32 Å². The van der Waals surface area contributed by atoms with Crippen molar-refractivity contribution < 1.29 is 8.42 Å². The van der Waals surface area contributed by atoms with E-state index in [0.717, 1.165) is 24.0 Å². The lowest BCUT2D eigenvalue weighted by molar-refractivity contribution is 0.345. The molecule has 1 aromatic carbocycles. The Morgan fingerprint density at radius 2 is 1.52 bits per heavy atom. The predicted octanol–water partition coefficient (Wildman–Crippen LogP) is 3.58. The van der Waals surface area contributed by atoms with Crippen molar-refractivity contribution in [1.82, 2.24) is 10.0 Å². The maximum Gasteiger partial charge on any atom is 0.241 e. The van der Waals surface area contributed by atoms with E-state index in [9.17, 15) is 8.42 Å². The molecular formula is C19H31ClN2O2S. The van der Waals surface area contributed by atoms with E-state index in [1.54, 1.807) is 0 Å². The van der Waals surface area contributed by atoms with Gasteiger partial charge in [-0.15, -0.1) is 12.4 Å². The Balaban J connectivity index is 0.00000225. The summed E-state index contributed by atoms with van der Waals surface area (Å²) in [5.41, 5.74) is 2.87. The van der Waals surface area contributed by atoms with Crippen LogP contribution in [0.25, 0.3) is 0 Å². The smallest absolute Gasteiger partial charge is 0.241 e. The molecule has 2 unspecified atom stereocenters. The van der Waals surface area contributed by atoms with Crippen LogP contribution in [-0.4, -0.2) is 26.5 Å². The molecule has 6 heteroatoms. The van der Waals surface area contributed by atoms with Crippen molar-refractivity contribution in [3.8, 4) is 0 Å². The minimum Gasteiger partial charge on any atom is -0.311 e. The molecule has 2 atom stereocenters. The molecule has 1 aromatic rings. The van der Waals surface area contributed by atoms with Gasteiger partial charge in [-0.3, -0.25) is 0 Å². The Kier molecular flexibility index (Phi) is 5.94. The Bertz CT molecular complexity index is 705. The summed E-state index contributed by atoms with van der Waals surface area (Å²) in [5, 5.41) is 3.56. The van der Waals surface area contributed by atoms with Gasteiger partial charge in [0.15, 0.2) is 0 Å². The summed E-state index contributed by atoms with van der Waals surface area (Å²) in [6.45, 7) is 10.3. The zero-order valence-electron chi connectivity index (χ0n) is 15.8. The first-order valence-electron chi connectivity index (χ1n) is 8.96. The van der Waals surface area contributed by atoms with E-state index in [0.29, 0.717) is 17.0 Å². The van der Waals surface area contributed by atoms with Crippen LogP contribution >= 0.6 is 12.4 Å². The number of aryl methyl sites for hydroxylation is 2. The van der Waals surface area contributed by atoms with Gasteiger partial charge >= 0.3 is 0 Å². The zero-order chi connectivity index (χ0) is 17.7. The summed E-state index contributed by atoms with van der Waals surface area (Å²) in [6.07, 6.45) is 4.13. The van der Waals surface area contributed by atoms with Crippen LogP contribution in [0.4, 0.5) is 0 Å². The van der Waals surface area contributed by atoms with Crippen molar-refractivity contribution >= 4 is 22.4 Å². The molecule has 0 aliphatic carbocycles. The molecule has 2 N–H and O–H groups in total. The van der Waals surface area contributed by atoms with E-state index in [-0.39, 0.29) is 23.9 Å². The number of hydrogen-bond donors (Lipinski definition) is 2. The maximum atomic E-state index is 13.0. The molecule has 2 fully saturated rings. The van der Waals surface area contributed by atoms with Gasteiger partial charge in [0, 0.05) is 18.1 Å². The topological polar surface area (TPSA) is 58.2 Å². The van der Waals surface area contributed by atoms with Crippen molar-refractivity contribution in [2.24, 2.45) is 0 Å². The third-order valence-electron chi connectivity index (χ3n) is 5.39. The number of sulfonamides is 1. The molecule has 2 aliphatic rings. The van der Waals surface area contributed by atoms with Crippen molar-refractivity contribution in [2.45, 2.75) is 88.7 Å². The summed E-state index contributed by atoms with van der Waals surface area (Å²) in [6, 6.07) is 5.04. The van der Waals surface area contributed by atoms with Gasteiger partial charge in [0.25, 0.3) is 0 Å². The second-order valence-electron chi connectivity index (χ2n) is 8.62. The molecule has 0 spiro atoms. The molecule has 2 heterocycles. The average Bonchev–Trinajstić information content (AvgIpc) is 2.75. The summed E-state index contributed by atoms with van der Waals surface area (Å²) in [5.74, 6) is 0. The minimum absolute atomic E-state index is 0. The second kappa shape index (κ2) is 7.18. The van der Waals surface area contributed by atoms with Gasteiger partial charge in [-0.05, 0) is 61.6 Å². The fourth-order valence-electron chi connectivity index (χ4n) is 4.24. The molecule has 25 heavy (non-hydrogen) atoms. The molecule has 0 aromatic heterocycles. The summed E-state index contributed by atoms with van der Waals surface area (Å²) in [4.78, 5) is 0.460. The monoisotopic (exact) mass is 386 g/mol. The second-order valence-corrected chi connectivity index (χ2v) is 10.3. The van der Waals surface area contributed by atoms with E-state index in [1.165, 1.54) is 18.4 Å². The number of halogens is 1. The highest BCUT2D eigenvalue weighted by molar-refractivity contribution is 7.89. The summed E-state index contributed by atoms with van der Waals surface area (Å²) in [7, 11) is -3.48. The van der Waals surface area contributed by atoms with Gasteiger partial charge in [-0.25, -0.2) is 13.1 Å².